The summed E-state index contributed by atoms with van der Waals surface area (Å²) in [7, 11) is 0. The number of fused-ring (bicyclic) bond motifs is 1. The van der Waals surface area contributed by atoms with Crippen LogP contribution in [0.4, 0.5) is 30.2 Å². The van der Waals surface area contributed by atoms with Crippen molar-refractivity contribution in [2.24, 2.45) is 5.41 Å². The van der Waals surface area contributed by atoms with Gasteiger partial charge in [0.15, 0.2) is 6.29 Å². The third-order valence-corrected chi connectivity index (χ3v) is 6.51. The Morgan fingerprint density at radius 1 is 1.11 bits per heavy atom. The zero-order chi connectivity index (χ0) is 26.3. The molecule has 1 unspecified atom stereocenters. The van der Waals surface area contributed by atoms with E-state index < -0.39 is 11.7 Å². The number of alkyl halides is 3. The van der Waals surface area contributed by atoms with Gasteiger partial charge in [-0.1, -0.05) is 32.4 Å². The topological polar surface area (TPSA) is 78.4 Å². The SMILES string of the molecule is CC(C)(C)C1CN(c2ccc(Nc3c(C=O)cnc4ccc(Cl)nc34)cc2C(F)(F)F)CCN1C=O. The maximum absolute atomic E-state index is 14.2. The number of hydrogen-bond donors (Lipinski definition) is 1. The Kier molecular flexibility index (Phi) is 6.83. The summed E-state index contributed by atoms with van der Waals surface area (Å²) < 4.78 is 42.7. The fourth-order valence-electron chi connectivity index (χ4n) is 4.45. The molecule has 36 heavy (non-hydrogen) atoms. The number of piperazine rings is 1. The molecule has 7 nitrogen and oxygen atoms in total. The van der Waals surface area contributed by atoms with Gasteiger partial charge in [0, 0.05) is 37.2 Å². The van der Waals surface area contributed by atoms with E-state index in [0.29, 0.717) is 18.3 Å². The van der Waals surface area contributed by atoms with E-state index in [9.17, 15) is 22.8 Å². The van der Waals surface area contributed by atoms with Crippen LogP contribution >= 0.6 is 11.6 Å². The van der Waals surface area contributed by atoms with Crippen LogP contribution in [0, 0.1) is 5.41 Å². The summed E-state index contributed by atoms with van der Waals surface area (Å²) in [6.07, 6.45) is -2.00. The highest BCUT2D eigenvalue weighted by atomic mass is 35.5. The van der Waals surface area contributed by atoms with Crippen LogP contribution in [0.2, 0.25) is 5.15 Å². The van der Waals surface area contributed by atoms with Gasteiger partial charge >= 0.3 is 6.18 Å². The molecule has 1 aromatic carbocycles. The smallest absolute Gasteiger partial charge is 0.367 e. The minimum atomic E-state index is -4.64. The molecule has 190 valence electrons. The molecule has 11 heteroatoms. The lowest BCUT2D eigenvalue weighted by Crippen LogP contribution is -2.57. The van der Waals surface area contributed by atoms with Crippen molar-refractivity contribution in [3.05, 3.63) is 52.8 Å². The molecular formula is C25H25ClF3N5O2. The third kappa shape index (κ3) is 5.09. The van der Waals surface area contributed by atoms with E-state index in [-0.39, 0.29) is 57.8 Å². The number of aromatic nitrogens is 2. The van der Waals surface area contributed by atoms with Crippen LogP contribution in [0.5, 0.6) is 0 Å². The lowest BCUT2D eigenvalue weighted by Gasteiger charge is -2.46. The van der Waals surface area contributed by atoms with E-state index in [2.05, 4.69) is 15.3 Å². The maximum Gasteiger partial charge on any atom is 0.418 e. The molecule has 1 atom stereocenters. The van der Waals surface area contributed by atoms with Crippen LogP contribution in [0.15, 0.2) is 36.5 Å². The van der Waals surface area contributed by atoms with Gasteiger partial charge in [-0.3, -0.25) is 14.6 Å². The number of rotatable bonds is 5. The summed E-state index contributed by atoms with van der Waals surface area (Å²) in [5, 5.41) is 3.08. The van der Waals surface area contributed by atoms with Crippen LogP contribution in [0.3, 0.4) is 0 Å². The van der Waals surface area contributed by atoms with Gasteiger partial charge in [0.05, 0.1) is 28.4 Å². The van der Waals surface area contributed by atoms with Crippen LogP contribution in [0.25, 0.3) is 11.0 Å². The van der Waals surface area contributed by atoms with E-state index >= 15 is 0 Å². The van der Waals surface area contributed by atoms with Crippen LogP contribution in [-0.4, -0.2) is 53.2 Å². The van der Waals surface area contributed by atoms with E-state index in [4.69, 9.17) is 11.6 Å². The molecule has 1 saturated heterocycles. The predicted octanol–water partition coefficient (Wildman–Crippen LogP) is 5.55. The van der Waals surface area contributed by atoms with Crippen molar-refractivity contribution < 1.29 is 22.8 Å². The monoisotopic (exact) mass is 519 g/mol. The fraction of sp³-hybridized carbons (Fsp3) is 0.360. The number of halogens is 4. The van der Waals surface area contributed by atoms with Crippen LogP contribution in [0.1, 0.15) is 36.7 Å². The minimum absolute atomic E-state index is 0.0317. The van der Waals surface area contributed by atoms with E-state index in [1.54, 1.807) is 15.9 Å². The van der Waals surface area contributed by atoms with E-state index in [1.807, 2.05) is 20.8 Å². The lowest BCUT2D eigenvalue weighted by molar-refractivity contribution is -0.137. The molecule has 4 rings (SSSR count). The van der Waals surface area contributed by atoms with Gasteiger partial charge in [-0.05, 0) is 35.7 Å². The third-order valence-electron chi connectivity index (χ3n) is 6.30. The number of nitrogens with one attached hydrogen (secondary N) is 1. The highest BCUT2D eigenvalue weighted by molar-refractivity contribution is 6.29. The predicted molar refractivity (Wildman–Crippen MR) is 133 cm³/mol. The number of hydrogen-bond acceptors (Lipinski definition) is 6. The molecule has 0 aliphatic carbocycles. The van der Waals surface area contributed by atoms with Gasteiger partial charge in [-0.15, -0.1) is 0 Å². The van der Waals surface area contributed by atoms with Gasteiger partial charge in [-0.2, -0.15) is 13.2 Å². The fourth-order valence-corrected chi connectivity index (χ4v) is 4.60. The first-order valence-electron chi connectivity index (χ1n) is 11.3. The summed E-state index contributed by atoms with van der Waals surface area (Å²) in [4.78, 5) is 34.9. The van der Waals surface area contributed by atoms with Crippen LogP contribution in [-0.2, 0) is 11.0 Å². The Morgan fingerprint density at radius 3 is 2.50 bits per heavy atom. The first-order valence-corrected chi connectivity index (χ1v) is 11.6. The number of aldehydes is 1. The molecule has 1 N–H and O–H groups in total. The molecule has 2 aromatic heterocycles. The summed E-state index contributed by atoms with van der Waals surface area (Å²) in [5.41, 5.74) is 0.0626. The van der Waals surface area contributed by atoms with Crippen molar-refractivity contribution in [1.82, 2.24) is 14.9 Å². The molecule has 3 aromatic rings. The van der Waals surface area contributed by atoms with Gasteiger partial charge in [-0.25, -0.2) is 4.98 Å². The van der Waals surface area contributed by atoms with Gasteiger partial charge in [0.1, 0.15) is 10.7 Å². The van der Waals surface area contributed by atoms with Crippen molar-refractivity contribution in [2.75, 3.05) is 29.9 Å². The second-order valence-electron chi connectivity index (χ2n) is 9.73. The highest BCUT2D eigenvalue weighted by Gasteiger charge is 2.39. The summed E-state index contributed by atoms with van der Waals surface area (Å²) >= 11 is 6.01. The standard InChI is InChI=1S/C25H25ClF3N5O2/c1-24(2,3)20-12-33(8-9-34(20)14-36)19-6-4-16(10-17(19)25(27,28)29)31-22-15(13-35)11-30-18-5-7-21(26)32-23(18)22/h4-7,10-11,13-14,20H,8-9,12H2,1-3H3,(H,30,31). The molecule has 1 aliphatic rings. The molecule has 1 amide bonds. The Morgan fingerprint density at radius 2 is 1.86 bits per heavy atom. The Labute approximate surface area is 211 Å². The average Bonchev–Trinajstić information content (AvgIpc) is 2.83. The lowest BCUT2D eigenvalue weighted by atomic mass is 9.84. The first kappa shape index (κ1) is 25.7. The minimum Gasteiger partial charge on any atom is -0.367 e. The Bertz CT molecular complexity index is 1310. The largest absolute Gasteiger partial charge is 0.418 e. The molecular weight excluding hydrogens is 495 g/mol. The maximum atomic E-state index is 14.2. The summed E-state index contributed by atoms with van der Waals surface area (Å²) in [6, 6.07) is 6.84. The second kappa shape index (κ2) is 9.57. The summed E-state index contributed by atoms with van der Waals surface area (Å²) in [5.74, 6) is 0. The van der Waals surface area contributed by atoms with Gasteiger partial charge in [0.2, 0.25) is 6.41 Å². The van der Waals surface area contributed by atoms with Gasteiger partial charge < -0.3 is 15.1 Å². The zero-order valence-electron chi connectivity index (χ0n) is 19.9. The molecule has 0 saturated carbocycles. The van der Waals surface area contributed by atoms with E-state index in [1.165, 1.54) is 24.4 Å². The number of nitrogens with zero attached hydrogens (tertiary/aromatic N) is 4. The molecule has 1 aliphatic heterocycles. The second-order valence-corrected chi connectivity index (χ2v) is 10.1. The molecule has 0 bridgehead atoms. The Hall–Kier alpha value is -3.40. The summed E-state index contributed by atoms with van der Waals surface area (Å²) in [6.45, 7) is 6.73. The number of amides is 1. The average molecular weight is 520 g/mol. The Balaban J connectivity index is 1.75. The number of carbonyl (C=O) groups excluding carboxylic acids is 2. The van der Waals surface area contributed by atoms with Gasteiger partial charge in [0.25, 0.3) is 0 Å². The quantitative estimate of drug-likeness (QED) is 0.352. The number of pyridine rings is 2. The number of anilines is 3. The van der Waals surface area contributed by atoms with Crippen molar-refractivity contribution in [3.8, 4) is 0 Å². The van der Waals surface area contributed by atoms with Crippen molar-refractivity contribution in [1.29, 1.82) is 0 Å². The number of benzene rings is 1. The van der Waals surface area contributed by atoms with Crippen LogP contribution < -0.4 is 10.2 Å². The van der Waals surface area contributed by atoms with Crippen molar-refractivity contribution in [3.63, 3.8) is 0 Å². The normalized spacial score (nSPS) is 16.8. The molecule has 3 heterocycles. The van der Waals surface area contributed by atoms with Crippen molar-refractivity contribution >= 4 is 52.4 Å². The molecule has 1 fully saturated rings. The number of carbonyl (C=O) groups is 2. The van der Waals surface area contributed by atoms with E-state index in [0.717, 1.165) is 12.5 Å². The van der Waals surface area contributed by atoms with Crippen molar-refractivity contribution in [2.45, 2.75) is 33.0 Å². The molecule has 0 radical (unpaired) electrons. The first-order chi connectivity index (χ1) is 16.9. The molecule has 0 spiro atoms. The zero-order valence-corrected chi connectivity index (χ0v) is 20.7. The highest BCUT2D eigenvalue weighted by Crippen LogP contribution is 2.41.